The topological polar surface area (TPSA) is 64.2 Å². The van der Waals surface area contributed by atoms with E-state index < -0.39 is 0 Å². The lowest BCUT2D eigenvalue weighted by molar-refractivity contribution is 0.0947. The van der Waals surface area contributed by atoms with Gasteiger partial charge >= 0.3 is 0 Å². The van der Waals surface area contributed by atoms with Gasteiger partial charge in [-0.15, -0.1) is 0 Å². The van der Waals surface area contributed by atoms with E-state index in [2.05, 4.69) is 15.4 Å². The van der Waals surface area contributed by atoms with Crippen LogP contribution in [0.1, 0.15) is 10.5 Å². The Morgan fingerprint density at radius 2 is 2.26 bits per heavy atom. The zero-order valence-electron chi connectivity index (χ0n) is 10.2. The van der Waals surface area contributed by atoms with Gasteiger partial charge in [0.25, 0.3) is 5.91 Å². The van der Waals surface area contributed by atoms with Crippen LogP contribution in [0.25, 0.3) is 5.52 Å². The molecule has 3 aromatic rings. The Hall–Kier alpha value is -2.63. The number of hydrogen-bond acceptors (Lipinski definition) is 3. The summed E-state index contributed by atoms with van der Waals surface area (Å²) >= 11 is 0. The number of aromatic nitrogens is 4. The van der Waals surface area contributed by atoms with Gasteiger partial charge in [0, 0.05) is 31.7 Å². The predicted molar refractivity (Wildman–Crippen MR) is 69.8 cm³/mol. The molecule has 0 aliphatic carbocycles. The van der Waals surface area contributed by atoms with E-state index in [4.69, 9.17) is 0 Å². The van der Waals surface area contributed by atoms with Crippen LogP contribution in [-0.2, 0) is 6.54 Å². The molecule has 3 rings (SSSR count). The minimum absolute atomic E-state index is 0.163. The predicted octanol–water partition coefficient (Wildman–Crippen LogP) is 0.961. The van der Waals surface area contributed by atoms with E-state index >= 15 is 0 Å². The highest BCUT2D eigenvalue weighted by molar-refractivity contribution is 5.93. The van der Waals surface area contributed by atoms with Crippen LogP contribution in [0.4, 0.5) is 0 Å². The molecule has 0 aliphatic heterocycles. The molecule has 0 radical (unpaired) electrons. The van der Waals surface area contributed by atoms with Crippen molar-refractivity contribution < 1.29 is 4.79 Å². The van der Waals surface area contributed by atoms with Gasteiger partial charge in [-0.1, -0.05) is 6.07 Å². The molecular weight excluding hydrogens is 242 g/mol. The van der Waals surface area contributed by atoms with Crippen molar-refractivity contribution in [2.24, 2.45) is 0 Å². The highest BCUT2D eigenvalue weighted by Gasteiger charge is 2.09. The zero-order chi connectivity index (χ0) is 13.1. The van der Waals surface area contributed by atoms with Crippen molar-refractivity contribution >= 4 is 11.4 Å². The molecule has 1 N–H and O–H groups in total. The lowest BCUT2D eigenvalue weighted by Crippen LogP contribution is -2.27. The van der Waals surface area contributed by atoms with Crippen LogP contribution >= 0.6 is 0 Å². The second-order valence-electron chi connectivity index (χ2n) is 4.16. The van der Waals surface area contributed by atoms with Crippen molar-refractivity contribution in [1.29, 1.82) is 0 Å². The Bertz CT molecular complexity index is 653. The largest absolute Gasteiger partial charge is 0.349 e. The molecular formula is C13H13N5O. The van der Waals surface area contributed by atoms with Crippen LogP contribution < -0.4 is 5.32 Å². The molecule has 1 amide bonds. The Balaban J connectivity index is 1.63. The van der Waals surface area contributed by atoms with Crippen LogP contribution in [0.2, 0.25) is 0 Å². The van der Waals surface area contributed by atoms with Crippen molar-refractivity contribution in [2.75, 3.05) is 6.54 Å². The molecule has 3 aromatic heterocycles. The highest BCUT2D eigenvalue weighted by Crippen LogP contribution is 2.05. The van der Waals surface area contributed by atoms with Gasteiger partial charge in [-0.2, -0.15) is 5.10 Å². The van der Waals surface area contributed by atoms with Crippen LogP contribution in [-0.4, -0.2) is 31.6 Å². The van der Waals surface area contributed by atoms with Gasteiger partial charge < -0.3 is 9.88 Å². The Morgan fingerprint density at radius 1 is 1.32 bits per heavy atom. The molecule has 96 valence electrons. The third-order valence-electron chi connectivity index (χ3n) is 2.82. The molecule has 19 heavy (non-hydrogen) atoms. The molecule has 6 nitrogen and oxygen atoms in total. The number of carbonyl (C=O) groups is 1. The van der Waals surface area contributed by atoms with Gasteiger partial charge in [-0.05, 0) is 18.2 Å². The number of imidazole rings is 1. The number of nitrogens with one attached hydrogen (secondary N) is 1. The normalized spacial score (nSPS) is 10.7. The summed E-state index contributed by atoms with van der Waals surface area (Å²) in [4.78, 5) is 15.9. The molecule has 0 unspecified atom stereocenters. The van der Waals surface area contributed by atoms with Crippen molar-refractivity contribution in [3.63, 3.8) is 0 Å². The van der Waals surface area contributed by atoms with Crippen molar-refractivity contribution in [2.45, 2.75) is 6.54 Å². The van der Waals surface area contributed by atoms with E-state index in [-0.39, 0.29) is 5.91 Å². The summed E-state index contributed by atoms with van der Waals surface area (Å²) in [6, 6.07) is 7.47. The van der Waals surface area contributed by atoms with Gasteiger partial charge in [0.05, 0.1) is 11.8 Å². The van der Waals surface area contributed by atoms with Gasteiger partial charge in [-0.3, -0.25) is 4.79 Å². The van der Waals surface area contributed by atoms with Crippen LogP contribution in [0.5, 0.6) is 0 Å². The average molecular weight is 255 g/mol. The summed E-state index contributed by atoms with van der Waals surface area (Å²) in [5, 5.41) is 7.05. The van der Waals surface area contributed by atoms with E-state index in [9.17, 15) is 4.79 Å². The second-order valence-corrected chi connectivity index (χ2v) is 4.16. The third kappa shape index (κ3) is 2.47. The SMILES string of the molecule is O=C(NCCn1ccnc1)c1cc2ccccn2n1. The smallest absolute Gasteiger partial charge is 0.271 e. The number of amides is 1. The monoisotopic (exact) mass is 255 g/mol. The summed E-state index contributed by atoms with van der Waals surface area (Å²) < 4.78 is 3.59. The maximum atomic E-state index is 11.9. The standard InChI is InChI=1S/C13H13N5O/c19-13(15-5-8-17-7-4-14-10-17)12-9-11-3-1-2-6-18(11)16-12/h1-4,6-7,9-10H,5,8H2,(H,15,19). The Morgan fingerprint density at radius 3 is 3.05 bits per heavy atom. The summed E-state index contributed by atoms with van der Waals surface area (Å²) in [7, 11) is 0. The van der Waals surface area contributed by atoms with Gasteiger partial charge in [0.2, 0.25) is 0 Å². The number of hydrogen-bond donors (Lipinski definition) is 1. The number of pyridine rings is 1. The Kier molecular flexibility index (Phi) is 2.97. The summed E-state index contributed by atoms with van der Waals surface area (Å²) in [5.74, 6) is -0.163. The van der Waals surface area contributed by atoms with Crippen LogP contribution in [0.3, 0.4) is 0 Å². The quantitative estimate of drug-likeness (QED) is 0.755. The van der Waals surface area contributed by atoms with E-state index in [1.54, 1.807) is 23.1 Å². The Labute approximate surface area is 109 Å². The first-order chi connectivity index (χ1) is 9.33. The molecule has 0 spiro atoms. The molecule has 0 saturated carbocycles. The minimum Gasteiger partial charge on any atom is -0.349 e. The molecule has 0 aliphatic rings. The first kappa shape index (κ1) is 11.5. The third-order valence-corrected chi connectivity index (χ3v) is 2.82. The summed E-state index contributed by atoms with van der Waals surface area (Å²) in [6.07, 6.45) is 7.11. The molecule has 3 heterocycles. The van der Waals surface area contributed by atoms with Crippen LogP contribution in [0.15, 0.2) is 49.2 Å². The van der Waals surface area contributed by atoms with Crippen molar-refractivity contribution in [3.8, 4) is 0 Å². The summed E-state index contributed by atoms with van der Waals surface area (Å²) in [5.41, 5.74) is 1.33. The van der Waals surface area contributed by atoms with Gasteiger partial charge in [0.15, 0.2) is 5.69 Å². The first-order valence-electron chi connectivity index (χ1n) is 6.01. The van der Waals surface area contributed by atoms with Crippen LogP contribution in [0, 0.1) is 0 Å². The lowest BCUT2D eigenvalue weighted by atomic mass is 10.3. The fourth-order valence-corrected chi connectivity index (χ4v) is 1.86. The maximum absolute atomic E-state index is 11.9. The van der Waals surface area contributed by atoms with Crippen molar-refractivity contribution in [1.82, 2.24) is 24.5 Å². The number of nitrogens with zero attached hydrogens (tertiary/aromatic N) is 4. The minimum atomic E-state index is -0.163. The molecule has 0 bridgehead atoms. The zero-order valence-corrected chi connectivity index (χ0v) is 10.2. The lowest BCUT2D eigenvalue weighted by Gasteiger charge is -2.03. The fourth-order valence-electron chi connectivity index (χ4n) is 1.86. The van der Waals surface area contributed by atoms with Gasteiger partial charge in [0.1, 0.15) is 0 Å². The molecule has 0 atom stereocenters. The first-order valence-corrected chi connectivity index (χ1v) is 6.01. The number of fused-ring (bicyclic) bond motifs is 1. The highest BCUT2D eigenvalue weighted by atomic mass is 16.1. The van der Waals surface area contributed by atoms with Crippen molar-refractivity contribution in [3.05, 3.63) is 54.9 Å². The molecule has 6 heteroatoms. The number of rotatable bonds is 4. The van der Waals surface area contributed by atoms with E-state index in [1.165, 1.54) is 0 Å². The second kappa shape index (κ2) is 4.93. The molecule has 0 aromatic carbocycles. The van der Waals surface area contributed by atoms with E-state index in [0.717, 1.165) is 5.52 Å². The van der Waals surface area contributed by atoms with E-state index in [0.29, 0.717) is 18.8 Å². The van der Waals surface area contributed by atoms with Gasteiger partial charge in [-0.25, -0.2) is 9.50 Å². The fraction of sp³-hybridized carbons (Fsp3) is 0.154. The summed E-state index contributed by atoms with van der Waals surface area (Å²) in [6.45, 7) is 1.24. The molecule has 0 fully saturated rings. The number of carbonyl (C=O) groups excluding carboxylic acids is 1. The van der Waals surface area contributed by atoms with E-state index in [1.807, 2.05) is 35.2 Å². The maximum Gasteiger partial charge on any atom is 0.271 e. The molecule has 0 saturated heterocycles. The average Bonchev–Trinajstić information content (AvgIpc) is 3.07.